The molecule has 19 heavy (non-hydrogen) atoms. The highest BCUT2D eigenvalue weighted by Gasteiger charge is 2.08. The van der Waals surface area contributed by atoms with Crippen molar-refractivity contribution in [3.8, 4) is 0 Å². The van der Waals surface area contributed by atoms with Gasteiger partial charge in [0.2, 0.25) is 0 Å². The predicted octanol–water partition coefficient (Wildman–Crippen LogP) is 1.53. The average Bonchev–Trinajstić information content (AvgIpc) is 2.75. The minimum atomic E-state index is -0.986. The number of aryl methyl sites for hydroxylation is 1. The summed E-state index contributed by atoms with van der Waals surface area (Å²) in [4.78, 5) is 22.4. The number of aromatic nitrogens is 2. The van der Waals surface area contributed by atoms with Crippen LogP contribution in [0.15, 0.2) is 36.7 Å². The van der Waals surface area contributed by atoms with E-state index in [2.05, 4.69) is 10.4 Å². The van der Waals surface area contributed by atoms with Crippen LogP contribution in [0, 0.1) is 6.92 Å². The molecule has 0 aliphatic rings. The minimum absolute atomic E-state index is 0.236. The molecular weight excluding hydrogens is 246 g/mol. The number of benzene rings is 1. The molecule has 1 heterocycles. The van der Waals surface area contributed by atoms with Crippen molar-refractivity contribution >= 4 is 17.6 Å². The third-order valence-corrected chi connectivity index (χ3v) is 2.47. The van der Waals surface area contributed by atoms with Gasteiger partial charge in [-0.2, -0.15) is 5.10 Å². The molecule has 0 saturated carbocycles. The average molecular weight is 259 g/mol. The highest BCUT2D eigenvalue weighted by Crippen LogP contribution is 2.09. The minimum Gasteiger partial charge on any atom is -0.480 e. The quantitative estimate of drug-likeness (QED) is 0.872. The van der Waals surface area contributed by atoms with Gasteiger partial charge in [-0.1, -0.05) is 17.7 Å². The second-order valence-electron chi connectivity index (χ2n) is 4.14. The summed E-state index contributed by atoms with van der Waals surface area (Å²) >= 11 is 0. The van der Waals surface area contributed by atoms with E-state index in [1.807, 2.05) is 13.0 Å². The second-order valence-corrected chi connectivity index (χ2v) is 4.14. The van der Waals surface area contributed by atoms with Crippen LogP contribution < -0.4 is 5.32 Å². The number of carboxylic acid groups (broad SMARTS) is 1. The fourth-order valence-electron chi connectivity index (χ4n) is 1.64. The molecule has 2 N–H and O–H groups in total. The molecule has 0 bridgehead atoms. The molecule has 0 aliphatic carbocycles. The monoisotopic (exact) mass is 259 g/mol. The Morgan fingerprint density at radius 3 is 2.89 bits per heavy atom. The maximum Gasteiger partial charge on any atom is 0.325 e. The number of rotatable bonds is 4. The van der Waals surface area contributed by atoms with Gasteiger partial charge in [-0.3, -0.25) is 14.3 Å². The summed E-state index contributed by atoms with van der Waals surface area (Å²) in [5, 5.41) is 15.1. The second kappa shape index (κ2) is 5.34. The number of carboxylic acids is 1. The number of hydrogen-bond donors (Lipinski definition) is 2. The van der Waals surface area contributed by atoms with Crippen LogP contribution in [0.5, 0.6) is 0 Å². The number of carbonyl (C=O) groups excluding carboxylic acids is 1. The van der Waals surface area contributed by atoms with Crippen LogP contribution in [0.25, 0.3) is 0 Å². The SMILES string of the molecule is Cc1cccc(C(=O)Nc2cnn(CC(=O)O)c2)c1. The van der Waals surface area contributed by atoms with Crippen LogP contribution >= 0.6 is 0 Å². The van der Waals surface area contributed by atoms with E-state index in [-0.39, 0.29) is 12.5 Å². The fraction of sp³-hybridized carbons (Fsp3) is 0.154. The lowest BCUT2D eigenvalue weighted by molar-refractivity contribution is -0.137. The lowest BCUT2D eigenvalue weighted by atomic mass is 10.1. The summed E-state index contributed by atoms with van der Waals surface area (Å²) in [5.74, 6) is -1.24. The van der Waals surface area contributed by atoms with Gasteiger partial charge < -0.3 is 10.4 Å². The van der Waals surface area contributed by atoms with Crippen LogP contribution in [0.4, 0.5) is 5.69 Å². The molecule has 0 atom stereocenters. The van der Waals surface area contributed by atoms with Gasteiger partial charge in [-0.25, -0.2) is 0 Å². The van der Waals surface area contributed by atoms with Gasteiger partial charge in [0.1, 0.15) is 6.54 Å². The molecule has 0 unspecified atom stereocenters. The highest BCUT2D eigenvalue weighted by molar-refractivity contribution is 6.04. The van der Waals surface area contributed by atoms with Gasteiger partial charge in [-0.05, 0) is 19.1 Å². The first-order valence-corrected chi connectivity index (χ1v) is 5.67. The Labute approximate surface area is 109 Å². The lowest BCUT2D eigenvalue weighted by Gasteiger charge is -2.03. The summed E-state index contributed by atoms with van der Waals surface area (Å²) in [7, 11) is 0. The molecule has 1 aromatic heterocycles. The zero-order valence-electron chi connectivity index (χ0n) is 10.3. The molecule has 1 aromatic carbocycles. The number of carbonyl (C=O) groups is 2. The Bertz CT molecular complexity index is 619. The molecule has 0 aliphatic heterocycles. The van der Waals surface area contributed by atoms with Crippen molar-refractivity contribution in [2.24, 2.45) is 0 Å². The molecule has 0 saturated heterocycles. The summed E-state index contributed by atoms with van der Waals surface area (Å²) < 4.78 is 1.24. The number of hydrogen-bond acceptors (Lipinski definition) is 3. The molecule has 0 fully saturated rings. The third-order valence-electron chi connectivity index (χ3n) is 2.47. The molecule has 6 nitrogen and oxygen atoms in total. The molecular formula is C13H13N3O3. The third kappa shape index (κ3) is 3.41. The van der Waals surface area contributed by atoms with Crippen LogP contribution in [-0.4, -0.2) is 26.8 Å². The van der Waals surface area contributed by atoms with Crippen LogP contribution in [0.1, 0.15) is 15.9 Å². The molecule has 2 rings (SSSR count). The number of nitrogens with one attached hydrogen (secondary N) is 1. The summed E-state index contributed by atoms with van der Waals surface area (Å²) in [6.45, 7) is 1.67. The van der Waals surface area contributed by atoms with Crippen LogP contribution in [0.2, 0.25) is 0 Å². The van der Waals surface area contributed by atoms with Crippen molar-refractivity contribution in [2.75, 3.05) is 5.32 Å². The smallest absolute Gasteiger partial charge is 0.325 e. The molecule has 6 heteroatoms. The van der Waals surface area contributed by atoms with Crippen LogP contribution in [-0.2, 0) is 11.3 Å². The van der Waals surface area contributed by atoms with Gasteiger partial charge in [0.15, 0.2) is 0 Å². The molecule has 98 valence electrons. The first-order chi connectivity index (χ1) is 9.04. The lowest BCUT2D eigenvalue weighted by Crippen LogP contribution is -2.12. The Morgan fingerprint density at radius 1 is 1.42 bits per heavy atom. The standard InChI is InChI=1S/C13H13N3O3/c1-9-3-2-4-10(5-9)13(19)15-11-6-14-16(7-11)8-12(17)18/h2-7H,8H2,1H3,(H,15,19)(H,17,18). The Balaban J connectivity index is 2.06. The van der Waals surface area contributed by atoms with Crippen molar-refractivity contribution in [1.82, 2.24) is 9.78 Å². The molecule has 1 amide bonds. The first-order valence-electron chi connectivity index (χ1n) is 5.67. The Kier molecular flexibility index (Phi) is 3.61. The predicted molar refractivity (Wildman–Crippen MR) is 69.0 cm³/mol. The van der Waals surface area contributed by atoms with E-state index in [1.54, 1.807) is 18.2 Å². The van der Waals surface area contributed by atoms with E-state index in [4.69, 9.17) is 5.11 Å². The normalized spacial score (nSPS) is 10.2. The Morgan fingerprint density at radius 2 is 2.21 bits per heavy atom. The van der Waals surface area contributed by atoms with E-state index >= 15 is 0 Å². The van der Waals surface area contributed by atoms with Gasteiger partial charge in [-0.15, -0.1) is 0 Å². The maximum absolute atomic E-state index is 11.9. The molecule has 2 aromatic rings. The number of anilines is 1. The summed E-state index contributed by atoms with van der Waals surface area (Å²) in [6, 6.07) is 7.20. The van der Waals surface area contributed by atoms with E-state index in [0.29, 0.717) is 11.3 Å². The Hall–Kier alpha value is -2.63. The van der Waals surface area contributed by atoms with E-state index in [9.17, 15) is 9.59 Å². The number of nitrogens with zero attached hydrogens (tertiary/aromatic N) is 2. The first kappa shape index (κ1) is 12.8. The molecule has 0 radical (unpaired) electrons. The van der Waals surface area contributed by atoms with E-state index in [1.165, 1.54) is 17.1 Å². The number of aliphatic carboxylic acids is 1. The van der Waals surface area contributed by atoms with E-state index < -0.39 is 5.97 Å². The summed E-state index contributed by atoms with van der Waals surface area (Å²) in [6.07, 6.45) is 2.89. The zero-order chi connectivity index (χ0) is 13.8. The largest absolute Gasteiger partial charge is 0.480 e. The molecule has 0 spiro atoms. The van der Waals surface area contributed by atoms with Gasteiger partial charge in [0.05, 0.1) is 11.9 Å². The van der Waals surface area contributed by atoms with Crippen molar-refractivity contribution in [1.29, 1.82) is 0 Å². The van der Waals surface area contributed by atoms with Crippen LogP contribution in [0.3, 0.4) is 0 Å². The van der Waals surface area contributed by atoms with Crippen molar-refractivity contribution in [3.05, 3.63) is 47.8 Å². The van der Waals surface area contributed by atoms with Gasteiger partial charge in [0.25, 0.3) is 5.91 Å². The van der Waals surface area contributed by atoms with Gasteiger partial charge >= 0.3 is 5.97 Å². The van der Waals surface area contributed by atoms with Crippen molar-refractivity contribution < 1.29 is 14.7 Å². The maximum atomic E-state index is 11.9. The number of amides is 1. The van der Waals surface area contributed by atoms with Crippen molar-refractivity contribution in [3.63, 3.8) is 0 Å². The topological polar surface area (TPSA) is 84.2 Å². The fourth-order valence-corrected chi connectivity index (χ4v) is 1.64. The van der Waals surface area contributed by atoms with E-state index in [0.717, 1.165) is 5.56 Å². The van der Waals surface area contributed by atoms with Gasteiger partial charge in [0, 0.05) is 11.8 Å². The summed E-state index contributed by atoms with van der Waals surface area (Å²) in [5.41, 5.74) is 2.01. The highest BCUT2D eigenvalue weighted by atomic mass is 16.4. The zero-order valence-corrected chi connectivity index (χ0v) is 10.3. The van der Waals surface area contributed by atoms with Crippen molar-refractivity contribution in [2.45, 2.75) is 13.5 Å².